The summed E-state index contributed by atoms with van der Waals surface area (Å²) in [5.41, 5.74) is 1.66. The largest absolute Gasteiger partial charge is 0.309 e. The number of likely N-dealkylation sites (N-methyl/N-ethyl adjacent to an activating group) is 1. The van der Waals surface area contributed by atoms with E-state index in [9.17, 15) is 8.78 Å². The Balaban J connectivity index is 2.44. The van der Waals surface area contributed by atoms with Crippen molar-refractivity contribution in [2.45, 2.75) is 32.2 Å². The lowest BCUT2D eigenvalue weighted by atomic mass is 9.75. The molecule has 1 N–H and O–H groups in total. The molecule has 0 spiro atoms. The van der Waals surface area contributed by atoms with E-state index in [1.54, 1.807) is 6.07 Å². The first-order valence-electron chi connectivity index (χ1n) is 7.20. The summed E-state index contributed by atoms with van der Waals surface area (Å²) in [5, 5.41) is 3.40. The van der Waals surface area contributed by atoms with Crippen molar-refractivity contribution in [2.75, 3.05) is 6.54 Å². The maximum Gasteiger partial charge on any atom is 0.159 e. The molecule has 1 unspecified atom stereocenters. The minimum atomic E-state index is -0.813. The van der Waals surface area contributed by atoms with Gasteiger partial charge in [0, 0.05) is 11.5 Å². The lowest BCUT2D eigenvalue weighted by molar-refractivity contribution is 0.352. The zero-order chi connectivity index (χ0) is 15.5. The first-order valence-corrected chi connectivity index (χ1v) is 7.20. The van der Waals surface area contributed by atoms with Crippen molar-refractivity contribution in [3.63, 3.8) is 0 Å². The molecule has 0 aliphatic rings. The highest BCUT2D eigenvalue weighted by molar-refractivity contribution is 5.32. The van der Waals surface area contributed by atoms with E-state index in [0.717, 1.165) is 17.7 Å². The van der Waals surface area contributed by atoms with Crippen LogP contribution >= 0.6 is 0 Å². The predicted molar refractivity (Wildman–Crippen MR) is 82.2 cm³/mol. The minimum absolute atomic E-state index is 0.0972. The number of halogens is 2. The molecule has 0 aliphatic carbocycles. The van der Waals surface area contributed by atoms with Gasteiger partial charge in [-0.15, -0.1) is 0 Å². The summed E-state index contributed by atoms with van der Waals surface area (Å²) in [5.74, 6) is -1.62. The van der Waals surface area contributed by atoms with Gasteiger partial charge < -0.3 is 5.32 Å². The molecular formula is C18H21F2N. The fraction of sp³-hybridized carbons (Fsp3) is 0.333. The molecular weight excluding hydrogens is 268 g/mol. The van der Waals surface area contributed by atoms with Crippen LogP contribution in [0.1, 0.15) is 37.9 Å². The zero-order valence-corrected chi connectivity index (χ0v) is 12.7. The number of nitrogens with one attached hydrogen (secondary N) is 1. The third-order valence-electron chi connectivity index (χ3n) is 3.92. The summed E-state index contributed by atoms with van der Waals surface area (Å²) in [6.45, 7) is 6.97. The fourth-order valence-electron chi connectivity index (χ4n) is 2.72. The molecule has 1 atom stereocenters. The van der Waals surface area contributed by atoms with Crippen LogP contribution in [0.15, 0.2) is 48.5 Å². The molecule has 2 aromatic carbocycles. The Morgan fingerprint density at radius 2 is 1.67 bits per heavy atom. The van der Waals surface area contributed by atoms with Crippen molar-refractivity contribution in [3.8, 4) is 0 Å². The summed E-state index contributed by atoms with van der Waals surface area (Å²) in [6.07, 6.45) is 0. The standard InChI is InChI=1S/C18H21F2N/c1-4-21-17(13-10-11-15(19)16(20)12-13)18(2,3)14-8-6-5-7-9-14/h5-12,17,21H,4H2,1-3H3. The third kappa shape index (κ3) is 3.30. The number of hydrogen-bond acceptors (Lipinski definition) is 1. The van der Waals surface area contributed by atoms with Crippen LogP contribution in [-0.4, -0.2) is 6.54 Å². The quantitative estimate of drug-likeness (QED) is 0.848. The first kappa shape index (κ1) is 15.6. The van der Waals surface area contributed by atoms with E-state index in [-0.39, 0.29) is 11.5 Å². The predicted octanol–water partition coefficient (Wildman–Crippen LogP) is 4.59. The number of hydrogen-bond donors (Lipinski definition) is 1. The molecule has 1 nitrogen and oxygen atoms in total. The van der Waals surface area contributed by atoms with Crippen molar-refractivity contribution in [1.29, 1.82) is 0 Å². The van der Waals surface area contributed by atoms with E-state index in [4.69, 9.17) is 0 Å². The Labute approximate surface area is 125 Å². The molecule has 0 bridgehead atoms. The topological polar surface area (TPSA) is 12.0 Å². The summed E-state index contributed by atoms with van der Waals surface area (Å²) in [6, 6.07) is 14.1. The van der Waals surface area contributed by atoms with Gasteiger partial charge in [-0.3, -0.25) is 0 Å². The van der Waals surface area contributed by atoms with Crippen LogP contribution in [0, 0.1) is 11.6 Å². The summed E-state index contributed by atoms with van der Waals surface area (Å²) in [7, 11) is 0. The summed E-state index contributed by atoms with van der Waals surface area (Å²) >= 11 is 0. The van der Waals surface area contributed by atoms with Crippen molar-refractivity contribution < 1.29 is 8.78 Å². The highest BCUT2D eigenvalue weighted by atomic mass is 19.2. The van der Waals surface area contributed by atoms with E-state index in [1.807, 2.05) is 25.1 Å². The van der Waals surface area contributed by atoms with Gasteiger partial charge >= 0.3 is 0 Å². The molecule has 0 saturated carbocycles. The summed E-state index contributed by atoms with van der Waals surface area (Å²) < 4.78 is 26.7. The fourth-order valence-corrected chi connectivity index (χ4v) is 2.72. The highest BCUT2D eigenvalue weighted by Crippen LogP contribution is 2.37. The molecule has 0 amide bonds. The van der Waals surface area contributed by atoms with Gasteiger partial charge in [0.25, 0.3) is 0 Å². The van der Waals surface area contributed by atoms with Crippen LogP contribution in [0.5, 0.6) is 0 Å². The second-order valence-electron chi connectivity index (χ2n) is 5.75. The average Bonchev–Trinajstić information content (AvgIpc) is 2.48. The highest BCUT2D eigenvalue weighted by Gasteiger charge is 2.32. The van der Waals surface area contributed by atoms with Crippen molar-refractivity contribution in [2.24, 2.45) is 0 Å². The van der Waals surface area contributed by atoms with Crippen LogP contribution in [0.2, 0.25) is 0 Å². The van der Waals surface area contributed by atoms with Gasteiger partial charge in [-0.1, -0.05) is 57.2 Å². The third-order valence-corrected chi connectivity index (χ3v) is 3.92. The van der Waals surface area contributed by atoms with Gasteiger partial charge in [0.1, 0.15) is 0 Å². The van der Waals surface area contributed by atoms with Crippen LogP contribution in [0.3, 0.4) is 0 Å². The van der Waals surface area contributed by atoms with E-state index >= 15 is 0 Å². The van der Waals surface area contributed by atoms with Crippen LogP contribution in [-0.2, 0) is 5.41 Å². The normalized spacial score (nSPS) is 13.2. The van der Waals surface area contributed by atoms with Gasteiger partial charge in [-0.2, -0.15) is 0 Å². The van der Waals surface area contributed by atoms with Crippen molar-refractivity contribution in [1.82, 2.24) is 5.32 Å². The van der Waals surface area contributed by atoms with Gasteiger partial charge in [0.05, 0.1) is 0 Å². The average molecular weight is 289 g/mol. The molecule has 112 valence electrons. The van der Waals surface area contributed by atoms with Gasteiger partial charge in [0.15, 0.2) is 11.6 Å². The SMILES string of the molecule is CCNC(c1ccc(F)c(F)c1)C(C)(C)c1ccccc1. The lowest BCUT2D eigenvalue weighted by Crippen LogP contribution is -2.37. The Hall–Kier alpha value is -1.74. The van der Waals surface area contributed by atoms with Crippen molar-refractivity contribution >= 4 is 0 Å². The van der Waals surface area contributed by atoms with Crippen LogP contribution < -0.4 is 5.32 Å². The smallest absolute Gasteiger partial charge is 0.159 e. The van der Waals surface area contributed by atoms with Gasteiger partial charge in [-0.05, 0) is 29.8 Å². The number of benzene rings is 2. The molecule has 0 radical (unpaired) electrons. The molecule has 0 aromatic heterocycles. The van der Waals surface area contributed by atoms with Crippen molar-refractivity contribution in [3.05, 3.63) is 71.3 Å². The second-order valence-corrected chi connectivity index (χ2v) is 5.75. The Morgan fingerprint density at radius 1 is 1.00 bits per heavy atom. The van der Waals surface area contributed by atoms with E-state index < -0.39 is 11.6 Å². The first-order chi connectivity index (χ1) is 9.96. The maximum atomic E-state index is 13.6. The molecule has 0 aliphatic heterocycles. The minimum Gasteiger partial charge on any atom is -0.309 e. The van der Waals surface area contributed by atoms with Crippen LogP contribution in [0.25, 0.3) is 0 Å². The Morgan fingerprint density at radius 3 is 2.24 bits per heavy atom. The summed E-state index contributed by atoms with van der Waals surface area (Å²) in [4.78, 5) is 0. The Kier molecular flexibility index (Phi) is 4.73. The van der Waals surface area contributed by atoms with Gasteiger partial charge in [0.2, 0.25) is 0 Å². The Bertz CT molecular complexity index is 593. The molecule has 2 rings (SSSR count). The lowest BCUT2D eigenvalue weighted by Gasteiger charge is -2.36. The molecule has 3 heteroatoms. The molecule has 0 saturated heterocycles. The number of rotatable bonds is 5. The monoisotopic (exact) mass is 289 g/mol. The molecule has 21 heavy (non-hydrogen) atoms. The van der Waals surface area contributed by atoms with E-state index in [2.05, 4.69) is 31.3 Å². The van der Waals surface area contributed by atoms with E-state index in [1.165, 1.54) is 12.1 Å². The maximum absolute atomic E-state index is 13.6. The van der Waals surface area contributed by atoms with E-state index in [0.29, 0.717) is 0 Å². The second kappa shape index (κ2) is 6.35. The van der Waals surface area contributed by atoms with Gasteiger partial charge in [-0.25, -0.2) is 8.78 Å². The molecule has 0 fully saturated rings. The molecule has 2 aromatic rings. The molecule has 0 heterocycles. The van der Waals surface area contributed by atoms with Crippen LogP contribution in [0.4, 0.5) is 8.78 Å². The zero-order valence-electron chi connectivity index (χ0n) is 12.7.